The van der Waals surface area contributed by atoms with Crippen LogP contribution < -0.4 is 24.7 Å². The molecule has 1 aromatic carbocycles. The number of hydrogen-bond acceptors (Lipinski definition) is 7. The number of ether oxygens (including phenoxy) is 3. The third-order valence-electron chi connectivity index (χ3n) is 6.02. The van der Waals surface area contributed by atoms with Crippen LogP contribution in [0, 0.1) is 0 Å². The predicted octanol–water partition coefficient (Wildman–Crippen LogP) is 2.00. The van der Waals surface area contributed by atoms with Gasteiger partial charge in [-0.15, -0.1) is 0 Å². The van der Waals surface area contributed by atoms with Gasteiger partial charge in [-0.2, -0.15) is 0 Å². The van der Waals surface area contributed by atoms with Crippen LogP contribution in [-0.4, -0.2) is 62.4 Å². The molecule has 0 radical (unpaired) electrons. The lowest BCUT2D eigenvalue weighted by Gasteiger charge is -2.22. The molecule has 0 spiro atoms. The van der Waals surface area contributed by atoms with Crippen molar-refractivity contribution < 1.29 is 14.2 Å². The summed E-state index contributed by atoms with van der Waals surface area (Å²) in [5, 5.41) is 0. The Morgan fingerprint density at radius 1 is 0.933 bits per heavy atom. The van der Waals surface area contributed by atoms with Gasteiger partial charge in [0.15, 0.2) is 11.5 Å². The molecule has 0 amide bonds. The second kappa shape index (κ2) is 8.95. The summed E-state index contributed by atoms with van der Waals surface area (Å²) in [7, 11) is 4.91. The third-order valence-corrected chi connectivity index (χ3v) is 6.02. The molecule has 0 unspecified atom stereocenters. The van der Waals surface area contributed by atoms with Gasteiger partial charge in [-0.05, 0) is 25.3 Å². The summed E-state index contributed by atoms with van der Waals surface area (Å²) in [6.45, 7) is 4.26. The van der Waals surface area contributed by atoms with Crippen molar-refractivity contribution in [3.8, 4) is 17.2 Å². The minimum absolute atomic E-state index is 0.00690. The number of methoxy groups -OCH3 is 3. The van der Waals surface area contributed by atoms with E-state index in [2.05, 4.69) is 14.8 Å². The fourth-order valence-electron chi connectivity index (χ4n) is 4.34. The molecule has 3 heterocycles. The molecule has 1 fully saturated rings. The molecule has 30 heavy (non-hydrogen) atoms. The minimum Gasteiger partial charge on any atom is -0.496 e. The summed E-state index contributed by atoms with van der Waals surface area (Å²) in [6, 6.07) is 3.82. The number of aromatic nitrogens is 2. The number of nitrogens with one attached hydrogen (secondary N) is 1. The van der Waals surface area contributed by atoms with E-state index >= 15 is 0 Å². The van der Waals surface area contributed by atoms with E-state index in [1.54, 1.807) is 21.3 Å². The Bertz CT molecular complexity index is 953. The summed E-state index contributed by atoms with van der Waals surface area (Å²) in [6.07, 6.45) is 3.76. The largest absolute Gasteiger partial charge is 0.496 e. The van der Waals surface area contributed by atoms with E-state index in [9.17, 15) is 4.79 Å². The van der Waals surface area contributed by atoms with E-state index in [1.165, 1.54) is 0 Å². The van der Waals surface area contributed by atoms with Crippen molar-refractivity contribution in [2.75, 3.05) is 52.4 Å². The Balaban J connectivity index is 1.53. The average molecular weight is 415 g/mol. The fraction of sp³-hybridized carbons (Fsp3) is 0.545. The van der Waals surface area contributed by atoms with Crippen molar-refractivity contribution in [3.63, 3.8) is 0 Å². The van der Waals surface area contributed by atoms with Crippen LogP contribution in [0.2, 0.25) is 0 Å². The lowest BCUT2D eigenvalue weighted by Crippen LogP contribution is -2.27. The summed E-state index contributed by atoms with van der Waals surface area (Å²) >= 11 is 0. The number of aromatic amines is 1. The molecular weight excluding hydrogens is 384 g/mol. The van der Waals surface area contributed by atoms with Crippen molar-refractivity contribution in [2.24, 2.45) is 0 Å². The van der Waals surface area contributed by atoms with Gasteiger partial charge in [0.25, 0.3) is 5.56 Å². The number of hydrogen-bond donors (Lipinski definition) is 1. The van der Waals surface area contributed by atoms with Gasteiger partial charge in [-0.3, -0.25) is 14.7 Å². The molecule has 2 aliphatic heterocycles. The quantitative estimate of drug-likeness (QED) is 0.774. The van der Waals surface area contributed by atoms with E-state index in [0.29, 0.717) is 24.5 Å². The molecule has 2 aliphatic rings. The highest BCUT2D eigenvalue weighted by atomic mass is 16.5. The maximum Gasteiger partial charge on any atom is 0.255 e. The van der Waals surface area contributed by atoms with Gasteiger partial charge < -0.3 is 19.1 Å². The molecule has 0 bridgehead atoms. The normalized spacial score (nSPS) is 16.8. The summed E-state index contributed by atoms with van der Waals surface area (Å²) in [4.78, 5) is 25.1. The molecule has 1 saturated heterocycles. The van der Waals surface area contributed by atoms with Crippen LogP contribution in [0.1, 0.15) is 29.7 Å². The predicted molar refractivity (Wildman–Crippen MR) is 115 cm³/mol. The smallest absolute Gasteiger partial charge is 0.255 e. The Kier molecular flexibility index (Phi) is 6.13. The lowest BCUT2D eigenvalue weighted by atomic mass is 10.1. The van der Waals surface area contributed by atoms with Crippen LogP contribution in [0.4, 0.5) is 5.95 Å². The Morgan fingerprint density at radius 2 is 1.60 bits per heavy atom. The van der Waals surface area contributed by atoms with Crippen LogP contribution in [0.5, 0.6) is 17.2 Å². The SMILES string of the molecule is COc1cc(OC)c(OC)cc1CN1CCc2nc(N3CCCC3)[nH]c(=O)c2CC1. The molecule has 0 aliphatic carbocycles. The van der Waals surface area contributed by atoms with Crippen molar-refractivity contribution >= 4 is 5.95 Å². The summed E-state index contributed by atoms with van der Waals surface area (Å²) in [5.41, 5.74) is 2.79. The van der Waals surface area contributed by atoms with Crippen LogP contribution in [0.15, 0.2) is 16.9 Å². The first-order valence-corrected chi connectivity index (χ1v) is 10.5. The highest BCUT2D eigenvalue weighted by molar-refractivity contribution is 5.50. The highest BCUT2D eigenvalue weighted by Gasteiger charge is 2.23. The molecule has 1 aromatic heterocycles. The first kappa shape index (κ1) is 20.5. The molecule has 8 nitrogen and oxygen atoms in total. The summed E-state index contributed by atoms with van der Waals surface area (Å²) < 4.78 is 16.4. The van der Waals surface area contributed by atoms with E-state index in [1.807, 2.05) is 12.1 Å². The van der Waals surface area contributed by atoms with Gasteiger partial charge in [0.1, 0.15) is 5.75 Å². The standard InChI is InChI=1S/C22H30N4O4/c1-28-18-13-20(30-3)19(29-2)12-15(18)14-25-10-6-16-17(7-11-25)23-22(24-21(16)27)26-8-4-5-9-26/h12-13H,4-11,14H2,1-3H3,(H,23,24,27). The van der Waals surface area contributed by atoms with Gasteiger partial charge >= 0.3 is 0 Å². The molecule has 162 valence electrons. The monoisotopic (exact) mass is 414 g/mol. The fourth-order valence-corrected chi connectivity index (χ4v) is 4.34. The van der Waals surface area contributed by atoms with Gasteiger partial charge in [-0.25, -0.2) is 4.98 Å². The number of rotatable bonds is 6. The number of benzene rings is 1. The first-order valence-electron chi connectivity index (χ1n) is 10.5. The Labute approximate surface area is 176 Å². The number of H-pyrrole nitrogens is 1. The summed E-state index contributed by atoms with van der Waals surface area (Å²) in [5.74, 6) is 2.82. The average Bonchev–Trinajstić information content (AvgIpc) is 3.23. The maximum absolute atomic E-state index is 12.7. The zero-order valence-corrected chi connectivity index (χ0v) is 18.0. The van der Waals surface area contributed by atoms with Crippen LogP contribution in [-0.2, 0) is 19.4 Å². The third kappa shape index (κ3) is 4.09. The molecule has 0 saturated carbocycles. The van der Waals surface area contributed by atoms with Gasteiger partial charge in [0, 0.05) is 56.3 Å². The van der Waals surface area contributed by atoms with Crippen LogP contribution in [0.25, 0.3) is 0 Å². The van der Waals surface area contributed by atoms with E-state index in [-0.39, 0.29) is 5.56 Å². The Morgan fingerprint density at radius 3 is 2.30 bits per heavy atom. The van der Waals surface area contributed by atoms with Crippen molar-refractivity contribution in [1.82, 2.24) is 14.9 Å². The van der Waals surface area contributed by atoms with Crippen LogP contribution >= 0.6 is 0 Å². The number of fused-ring (bicyclic) bond motifs is 1. The molecule has 8 heteroatoms. The van der Waals surface area contributed by atoms with Crippen molar-refractivity contribution in [2.45, 2.75) is 32.2 Å². The Hall–Kier alpha value is -2.74. The second-order valence-electron chi connectivity index (χ2n) is 7.80. The highest BCUT2D eigenvalue weighted by Crippen LogP contribution is 2.35. The molecular formula is C22H30N4O4. The molecule has 2 aromatic rings. The van der Waals surface area contributed by atoms with Gasteiger partial charge in [0.2, 0.25) is 5.95 Å². The maximum atomic E-state index is 12.7. The van der Waals surface area contributed by atoms with E-state index < -0.39 is 0 Å². The first-order chi connectivity index (χ1) is 14.6. The van der Waals surface area contributed by atoms with E-state index in [4.69, 9.17) is 19.2 Å². The minimum atomic E-state index is 0.00690. The second-order valence-corrected chi connectivity index (χ2v) is 7.80. The number of anilines is 1. The zero-order chi connectivity index (χ0) is 21.1. The molecule has 0 atom stereocenters. The van der Waals surface area contributed by atoms with Crippen molar-refractivity contribution in [1.29, 1.82) is 0 Å². The van der Waals surface area contributed by atoms with Gasteiger partial charge in [0.05, 0.1) is 27.0 Å². The lowest BCUT2D eigenvalue weighted by molar-refractivity contribution is 0.271. The topological polar surface area (TPSA) is 79.9 Å². The number of nitrogens with zero attached hydrogens (tertiary/aromatic N) is 3. The van der Waals surface area contributed by atoms with Crippen molar-refractivity contribution in [3.05, 3.63) is 39.3 Å². The zero-order valence-electron chi connectivity index (χ0n) is 18.0. The van der Waals surface area contributed by atoms with Crippen LogP contribution in [0.3, 0.4) is 0 Å². The van der Waals surface area contributed by atoms with Gasteiger partial charge in [-0.1, -0.05) is 0 Å². The molecule has 1 N–H and O–H groups in total. The van der Waals surface area contributed by atoms with E-state index in [0.717, 1.165) is 74.0 Å². The molecule has 4 rings (SSSR count).